The number of methoxy groups -OCH3 is 1. The van der Waals surface area contributed by atoms with Crippen LogP contribution in [0.15, 0.2) is 12.7 Å². The van der Waals surface area contributed by atoms with E-state index in [9.17, 15) is 9.90 Å². The van der Waals surface area contributed by atoms with Crippen LogP contribution in [0.4, 0.5) is 0 Å². The molecule has 0 aromatic heterocycles. The molecule has 1 aliphatic heterocycles. The number of esters is 1. The van der Waals surface area contributed by atoms with E-state index in [2.05, 4.69) is 16.2 Å². The zero-order chi connectivity index (χ0) is 10.6. The molecule has 0 saturated carbocycles. The van der Waals surface area contributed by atoms with E-state index in [1.807, 2.05) is 0 Å². The first-order valence-electron chi connectivity index (χ1n) is 4.78. The number of carbonyl (C=O) groups is 1. The van der Waals surface area contributed by atoms with Crippen LogP contribution in [0, 0.1) is 5.92 Å². The molecule has 0 unspecified atom stereocenters. The van der Waals surface area contributed by atoms with E-state index in [0.717, 1.165) is 13.1 Å². The third-order valence-corrected chi connectivity index (χ3v) is 2.55. The number of hydrogen-bond donors (Lipinski definition) is 1. The van der Waals surface area contributed by atoms with Gasteiger partial charge in [-0.05, 0) is 6.42 Å². The van der Waals surface area contributed by atoms with Gasteiger partial charge < -0.3 is 9.84 Å². The first kappa shape index (κ1) is 11.2. The first-order valence-corrected chi connectivity index (χ1v) is 4.78. The van der Waals surface area contributed by atoms with Gasteiger partial charge in [-0.25, -0.2) is 0 Å². The smallest absolute Gasteiger partial charge is 0.312 e. The molecule has 1 N–H and O–H groups in total. The standard InChI is InChI=1S/C10H17NO3/c1-3-5-11-6-4-9(12)8(7-11)10(13)14-2/h3,8-9,12H,1,4-7H2,2H3/t8-,9+/m1/s1. The molecule has 0 bridgehead atoms. The van der Waals surface area contributed by atoms with E-state index in [4.69, 9.17) is 0 Å². The predicted octanol–water partition coefficient (Wildman–Crippen LogP) is 0.0282. The Hall–Kier alpha value is -0.870. The summed E-state index contributed by atoms with van der Waals surface area (Å²) in [6.07, 6.45) is 1.85. The Morgan fingerprint density at radius 1 is 1.79 bits per heavy atom. The SMILES string of the molecule is C=CCN1CC[C@H](O)[C@H](C(=O)OC)C1. The number of hydrogen-bond acceptors (Lipinski definition) is 4. The van der Waals surface area contributed by atoms with Crippen LogP contribution in [0.25, 0.3) is 0 Å². The van der Waals surface area contributed by atoms with Crippen molar-refractivity contribution in [3.8, 4) is 0 Å². The molecule has 0 aromatic carbocycles. The summed E-state index contributed by atoms with van der Waals surface area (Å²) in [4.78, 5) is 13.4. The number of ether oxygens (including phenoxy) is 1. The second kappa shape index (κ2) is 5.12. The van der Waals surface area contributed by atoms with Gasteiger partial charge in [0.25, 0.3) is 0 Å². The number of nitrogens with zero attached hydrogens (tertiary/aromatic N) is 1. The van der Waals surface area contributed by atoms with Gasteiger partial charge in [-0.1, -0.05) is 6.08 Å². The summed E-state index contributed by atoms with van der Waals surface area (Å²) in [5.74, 6) is -0.736. The first-order chi connectivity index (χ1) is 6.69. The zero-order valence-corrected chi connectivity index (χ0v) is 8.48. The van der Waals surface area contributed by atoms with Crippen LogP contribution in [0.5, 0.6) is 0 Å². The fourth-order valence-electron chi connectivity index (χ4n) is 1.74. The molecule has 1 saturated heterocycles. The Kier molecular flexibility index (Phi) is 4.10. The van der Waals surface area contributed by atoms with Crippen LogP contribution in [0.2, 0.25) is 0 Å². The Morgan fingerprint density at radius 2 is 2.50 bits per heavy atom. The molecule has 14 heavy (non-hydrogen) atoms. The molecule has 1 aliphatic rings. The number of aliphatic hydroxyl groups is 1. The van der Waals surface area contributed by atoms with E-state index in [0.29, 0.717) is 13.0 Å². The third kappa shape index (κ3) is 2.56. The minimum absolute atomic E-state index is 0.328. The van der Waals surface area contributed by atoms with Gasteiger partial charge in [0.2, 0.25) is 0 Å². The second-order valence-electron chi connectivity index (χ2n) is 3.53. The largest absolute Gasteiger partial charge is 0.469 e. The number of likely N-dealkylation sites (tertiary alicyclic amines) is 1. The summed E-state index contributed by atoms with van der Waals surface area (Å²) in [6.45, 7) is 5.76. The predicted molar refractivity (Wildman–Crippen MR) is 52.8 cm³/mol. The minimum Gasteiger partial charge on any atom is -0.469 e. The van der Waals surface area contributed by atoms with E-state index >= 15 is 0 Å². The maximum Gasteiger partial charge on any atom is 0.312 e. The normalized spacial score (nSPS) is 28.4. The van der Waals surface area contributed by atoms with Crippen molar-refractivity contribution in [2.24, 2.45) is 5.92 Å². The molecule has 0 aromatic rings. The fourth-order valence-corrected chi connectivity index (χ4v) is 1.74. The monoisotopic (exact) mass is 199 g/mol. The van der Waals surface area contributed by atoms with Crippen molar-refractivity contribution in [1.82, 2.24) is 4.90 Å². The molecule has 0 radical (unpaired) electrons. The second-order valence-corrected chi connectivity index (χ2v) is 3.53. The topological polar surface area (TPSA) is 49.8 Å². The van der Waals surface area contributed by atoms with Gasteiger partial charge in [-0.15, -0.1) is 6.58 Å². The number of rotatable bonds is 3. The zero-order valence-electron chi connectivity index (χ0n) is 8.48. The average molecular weight is 199 g/mol. The van der Waals surface area contributed by atoms with Crippen LogP contribution < -0.4 is 0 Å². The number of aliphatic hydroxyl groups excluding tert-OH is 1. The number of carbonyl (C=O) groups excluding carboxylic acids is 1. The van der Waals surface area contributed by atoms with Crippen molar-refractivity contribution in [3.05, 3.63) is 12.7 Å². The highest BCUT2D eigenvalue weighted by molar-refractivity contribution is 5.73. The van der Waals surface area contributed by atoms with Crippen LogP contribution in [-0.2, 0) is 9.53 Å². The highest BCUT2D eigenvalue weighted by Crippen LogP contribution is 2.18. The molecular formula is C10H17NO3. The van der Waals surface area contributed by atoms with Gasteiger partial charge in [0.05, 0.1) is 19.1 Å². The summed E-state index contributed by atoms with van der Waals surface area (Å²) in [7, 11) is 1.35. The summed E-state index contributed by atoms with van der Waals surface area (Å²) in [5, 5.41) is 9.60. The third-order valence-electron chi connectivity index (χ3n) is 2.55. The highest BCUT2D eigenvalue weighted by atomic mass is 16.5. The molecule has 0 aliphatic carbocycles. The van der Waals surface area contributed by atoms with Crippen molar-refractivity contribution < 1.29 is 14.6 Å². The van der Waals surface area contributed by atoms with Gasteiger partial charge in [0.15, 0.2) is 0 Å². The van der Waals surface area contributed by atoms with E-state index in [1.54, 1.807) is 6.08 Å². The van der Waals surface area contributed by atoms with Crippen molar-refractivity contribution in [2.45, 2.75) is 12.5 Å². The lowest BCUT2D eigenvalue weighted by atomic mass is 9.95. The molecule has 80 valence electrons. The molecule has 1 heterocycles. The molecule has 0 amide bonds. The van der Waals surface area contributed by atoms with Gasteiger partial charge in [-0.2, -0.15) is 0 Å². The molecule has 2 atom stereocenters. The summed E-state index contributed by atoms with van der Waals surface area (Å²) in [6, 6.07) is 0. The van der Waals surface area contributed by atoms with Crippen LogP contribution >= 0.6 is 0 Å². The molecular weight excluding hydrogens is 182 g/mol. The minimum atomic E-state index is -0.566. The lowest BCUT2D eigenvalue weighted by Crippen LogP contribution is -2.46. The Bertz CT molecular complexity index is 217. The quantitative estimate of drug-likeness (QED) is 0.514. The Morgan fingerprint density at radius 3 is 3.07 bits per heavy atom. The van der Waals surface area contributed by atoms with Crippen molar-refractivity contribution in [1.29, 1.82) is 0 Å². The van der Waals surface area contributed by atoms with Gasteiger partial charge in [0.1, 0.15) is 0 Å². The van der Waals surface area contributed by atoms with Crippen molar-refractivity contribution >= 4 is 5.97 Å². The van der Waals surface area contributed by atoms with E-state index in [1.165, 1.54) is 7.11 Å². The van der Waals surface area contributed by atoms with Gasteiger partial charge in [-0.3, -0.25) is 9.69 Å². The number of piperidine rings is 1. The highest BCUT2D eigenvalue weighted by Gasteiger charge is 2.33. The van der Waals surface area contributed by atoms with Crippen LogP contribution in [0.3, 0.4) is 0 Å². The summed E-state index contributed by atoms with van der Waals surface area (Å²) in [5.41, 5.74) is 0. The molecule has 4 heteroatoms. The fraction of sp³-hybridized carbons (Fsp3) is 0.700. The summed E-state index contributed by atoms with van der Waals surface area (Å²) < 4.78 is 4.64. The van der Waals surface area contributed by atoms with Gasteiger partial charge >= 0.3 is 5.97 Å². The van der Waals surface area contributed by atoms with E-state index in [-0.39, 0.29) is 5.97 Å². The van der Waals surface area contributed by atoms with Gasteiger partial charge in [0, 0.05) is 19.6 Å². The molecule has 0 spiro atoms. The lowest BCUT2D eigenvalue weighted by molar-refractivity contribution is -0.152. The van der Waals surface area contributed by atoms with Crippen molar-refractivity contribution in [3.63, 3.8) is 0 Å². The van der Waals surface area contributed by atoms with Crippen LogP contribution in [0.1, 0.15) is 6.42 Å². The maximum atomic E-state index is 11.3. The Labute approximate surface area is 84.2 Å². The Balaban J connectivity index is 2.54. The van der Waals surface area contributed by atoms with Crippen molar-refractivity contribution in [2.75, 3.05) is 26.7 Å². The average Bonchev–Trinajstić information content (AvgIpc) is 2.20. The molecule has 1 fully saturated rings. The van der Waals surface area contributed by atoms with Crippen LogP contribution in [-0.4, -0.2) is 48.8 Å². The lowest BCUT2D eigenvalue weighted by Gasteiger charge is -2.33. The molecule has 1 rings (SSSR count). The van der Waals surface area contributed by atoms with E-state index < -0.39 is 12.0 Å². The maximum absolute atomic E-state index is 11.3. The molecule has 4 nitrogen and oxygen atoms in total. The summed E-state index contributed by atoms with van der Waals surface area (Å²) >= 11 is 0.